The van der Waals surface area contributed by atoms with Crippen LogP contribution in [0.25, 0.3) is 0 Å². The summed E-state index contributed by atoms with van der Waals surface area (Å²) in [6.45, 7) is 0. The zero-order valence-corrected chi connectivity index (χ0v) is 16.4. The lowest BCUT2D eigenvalue weighted by Gasteiger charge is -2.18. The Morgan fingerprint density at radius 1 is 0.500 bits per heavy atom. The predicted molar refractivity (Wildman–Crippen MR) is 112 cm³/mol. The van der Waals surface area contributed by atoms with Crippen molar-refractivity contribution in [3.8, 4) is 23.0 Å². The number of benzene rings is 3. The van der Waals surface area contributed by atoms with Crippen LogP contribution in [0.15, 0.2) is 60.7 Å². The molecule has 6 heteroatoms. The summed E-state index contributed by atoms with van der Waals surface area (Å²) in [6.07, 6.45) is 0. The van der Waals surface area contributed by atoms with Crippen LogP contribution in [-0.4, -0.2) is 28.4 Å². The van der Waals surface area contributed by atoms with E-state index in [0.717, 1.165) is 22.7 Å². The zero-order valence-electron chi connectivity index (χ0n) is 16.4. The van der Waals surface area contributed by atoms with Crippen molar-refractivity contribution < 1.29 is 18.9 Å². The molecule has 3 aromatic rings. The summed E-state index contributed by atoms with van der Waals surface area (Å²) in [5.74, 6) is 2.58. The van der Waals surface area contributed by atoms with Crippen molar-refractivity contribution in [2.24, 2.45) is 0 Å². The van der Waals surface area contributed by atoms with Gasteiger partial charge in [-0.3, -0.25) is 0 Å². The molecule has 3 rings (SSSR count). The van der Waals surface area contributed by atoms with E-state index in [9.17, 15) is 0 Å². The highest BCUT2D eigenvalue weighted by Crippen LogP contribution is 2.40. The van der Waals surface area contributed by atoms with Gasteiger partial charge in [-0.25, -0.2) is 0 Å². The van der Waals surface area contributed by atoms with E-state index >= 15 is 0 Å². The average molecular weight is 380 g/mol. The minimum atomic E-state index is 0.629. The molecular weight excluding hydrogens is 356 g/mol. The first kappa shape index (κ1) is 19.2. The monoisotopic (exact) mass is 380 g/mol. The molecule has 0 saturated carbocycles. The molecule has 28 heavy (non-hydrogen) atoms. The standard InChI is InChI=1S/C22H24N2O4/c1-25-19-11-10-16(12-20(19)26-2)24-18-14-22(28-4)21(27-3)13-17(18)23-15-8-6-5-7-9-15/h5-14,23-24H,1-4H3. The van der Waals surface area contributed by atoms with E-state index in [-0.39, 0.29) is 0 Å². The molecule has 2 N–H and O–H groups in total. The third-order valence-corrected chi connectivity index (χ3v) is 4.24. The SMILES string of the molecule is COc1ccc(Nc2cc(OC)c(OC)cc2Nc2ccccc2)cc1OC. The molecule has 0 bridgehead atoms. The average Bonchev–Trinajstić information content (AvgIpc) is 2.75. The van der Waals surface area contributed by atoms with Crippen LogP contribution in [0.4, 0.5) is 22.7 Å². The maximum atomic E-state index is 5.46. The molecule has 0 amide bonds. The minimum absolute atomic E-state index is 0.629. The van der Waals surface area contributed by atoms with Crippen LogP contribution in [0.5, 0.6) is 23.0 Å². The lowest BCUT2D eigenvalue weighted by molar-refractivity contribution is 0.355. The Kier molecular flexibility index (Phi) is 6.11. The van der Waals surface area contributed by atoms with E-state index in [1.807, 2.05) is 60.7 Å². The second-order valence-corrected chi connectivity index (χ2v) is 5.94. The van der Waals surface area contributed by atoms with Gasteiger partial charge in [-0.15, -0.1) is 0 Å². The van der Waals surface area contributed by atoms with Gasteiger partial charge in [-0.2, -0.15) is 0 Å². The number of hydrogen-bond donors (Lipinski definition) is 2. The van der Waals surface area contributed by atoms with E-state index in [4.69, 9.17) is 18.9 Å². The van der Waals surface area contributed by atoms with Crippen molar-refractivity contribution in [3.63, 3.8) is 0 Å². The third-order valence-electron chi connectivity index (χ3n) is 4.24. The first-order chi connectivity index (χ1) is 13.7. The van der Waals surface area contributed by atoms with Gasteiger partial charge < -0.3 is 29.6 Å². The molecule has 0 aliphatic carbocycles. The Bertz CT molecular complexity index is 929. The van der Waals surface area contributed by atoms with Gasteiger partial charge in [0.25, 0.3) is 0 Å². The Morgan fingerprint density at radius 3 is 1.54 bits per heavy atom. The Balaban J connectivity index is 2.00. The van der Waals surface area contributed by atoms with Crippen molar-refractivity contribution in [1.82, 2.24) is 0 Å². The largest absolute Gasteiger partial charge is 0.493 e. The fraction of sp³-hybridized carbons (Fsp3) is 0.182. The number of rotatable bonds is 8. The lowest BCUT2D eigenvalue weighted by atomic mass is 10.2. The second-order valence-electron chi connectivity index (χ2n) is 5.94. The van der Waals surface area contributed by atoms with Crippen molar-refractivity contribution in [1.29, 1.82) is 0 Å². The summed E-state index contributed by atoms with van der Waals surface area (Å²) in [5, 5.41) is 6.83. The number of methoxy groups -OCH3 is 4. The summed E-state index contributed by atoms with van der Waals surface area (Å²) in [7, 11) is 6.45. The summed E-state index contributed by atoms with van der Waals surface area (Å²) in [6, 6.07) is 19.4. The molecule has 0 aliphatic rings. The molecule has 0 radical (unpaired) electrons. The molecule has 0 unspecified atom stereocenters. The third kappa shape index (κ3) is 4.23. The van der Waals surface area contributed by atoms with Gasteiger partial charge in [-0.1, -0.05) is 18.2 Å². The van der Waals surface area contributed by atoms with Crippen molar-refractivity contribution in [2.45, 2.75) is 0 Å². The summed E-state index contributed by atoms with van der Waals surface area (Å²) < 4.78 is 21.6. The fourth-order valence-corrected chi connectivity index (χ4v) is 2.83. The summed E-state index contributed by atoms with van der Waals surface area (Å²) >= 11 is 0. The maximum absolute atomic E-state index is 5.46. The number of hydrogen-bond acceptors (Lipinski definition) is 6. The minimum Gasteiger partial charge on any atom is -0.493 e. The van der Waals surface area contributed by atoms with Crippen molar-refractivity contribution in [2.75, 3.05) is 39.1 Å². The van der Waals surface area contributed by atoms with E-state index in [0.29, 0.717) is 23.0 Å². The van der Waals surface area contributed by atoms with E-state index in [1.165, 1.54) is 0 Å². The lowest BCUT2D eigenvalue weighted by Crippen LogP contribution is -2.01. The smallest absolute Gasteiger partial charge is 0.162 e. The molecule has 0 saturated heterocycles. The highest BCUT2D eigenvalue weighted by atomic mass is 16.5. The Hall–Kier alpha value is -3.54. The van der Waals surface area contributed by atoms with Crippen molar-refractivity contribution >= 4 is 22.7 Å². The fourth-order valence-electron chi connectivity index (χ4n) is 2.83. The molecule has 146 valence electrons. The number of ether oxygens (including phenoxy) is 4. The van der Waals surface area contributed by atoms with E-state index < -0.39 is 0 Å². The summed E-state index contributed by atoms with van der Waals surface area (Å²) in [5.41, 5.74) is 3.48. The molecule has 0 spiro atoms. The Labute approximate surface area is 165 Å². The van der Waals surface area contributed by atoms with E-state index in [2.05, 4.69) is 10.6 Å². The number of nitrogens with one attached hydrogen (secondary N) is 2. The number of anilines is 4. The van der Waals surface area contributed by atoms with Crippen LogP contribution in [-0.2, 0) is 0 Å². The Morgan fingerprint density at radius 2 is 1.00 bits per heavy atom. The molecule has 0 fully saturated rings. The molecule has 3 aromatic carbocycles. The van der Waals surface area contributed by atoms with Gasteiger partial charge >= 0.3 is 0 Å². The molecule has 0 aromatic heterocycles. The van der Waals surface area contributed by atoms with Crippen LogP contribution in [0, 0.1) is 0 Å². The highest BCUT2D eigenvalue weighted by Gasteiger charge is 2.13. The molecule has 6 nitrogen and oxygen atoms in total. The van der Waals surface area contributed by atoms with Crippen molar-refractivity contribution in [3.05, 3.63) is 60.7 Å². The quantitative estimate of drug-likeness (QED) is 0.559. The maximum Gasteiger partial charge on any atom is 0.162 e. The molecular formula is C22H24N2O4. The zero-order chi connectivity index (χ0) is 19.9. The number of para-hydroxylation sites is 1. The van der Waals surface area contributed by atoms with Crippen LogP contribution in [0.1, 0.15) is 0 Å². The van der Waals surface area contributed by atoms with Crippen LogP contribution in [0.3, 0.4) is 0 Å². The second kappa shape index (κ2) is 8.90. The van der Waals surface area contributed by atoms with E-state index in [1.54, 1.807) is 28.4 Å². The molecule has 0 aliphatic heterocycles. The van der Waals surface area contributed by atoms with Crippen LogP contribution >= 0.6 is 0 Å². The van der Waals surface area contributed by atoms with Gasteiger partial charge in [-0.05, 0) is 24.3 Å². The van der Waals surface area contributed by atoms with Gasteiger partial charge in [0.2, 0.25) is 0 Å². The predicted octanol–water partition coefficient (Wildman–Crippen LogP) is 5.21. The van der Waals surface area contributed by atoms with Crippen LogP contribution < -0.4 is 29.6 Å². The first-order valence-electron chi connectivity index (χ1n) is 8.75. The topological polar surface area (TPSA) is 61.0 Å². The van der Waals surface area contributed by atoms with Gasteiger partial charge in [0.1, 0.15) is 0 Å². The normalized spacial score (nSPS) is 10.1. The molecule has 0 atom stereocenters. The highest BCUT2D eigenvalue weighted by molar-refractivity contribution is 5.82. The first-order valence-corrected chi connectivity index (χ1v) is 8.75. The van der Waals surface area contributed by atoms with Crippen LogP contribution in [0.2, 0.25) is 0 Å². The van der Waals surface area contributed by atoms with Gasteiger partial charge in [0.05, 0.1) is 39.8 Å². The molecule has 0 heterocycles. The van der Waals surface area contributed by atoms with Gasteiger partial charge in [0.15, 0.2) is 23.0 Å². The summed E-state index contributed by atoms with van der Waals surface area (Å²) in [4.78, 5) is 0. The van der Waals surface area contributed by atoms with Gasteiger partial charge in [0, 0.05) is 29.6 Å².